The Hall–Kier alpha value is 1.88. The quantitative estimate of drug-likeness (QED) is 0.255. The molecule has 26 valence electrons. The van der Waals surface area contributed by atoms with E-state index in [0.717, 1.165) is 5.34 Å². The summed E-state index contributed by atoms with van der Waals surface area (Å²) in [5.74, 6) is 0. The first kappa shape index (κ1) is 24.8. The molecular formula is HCa2NO3+2. The molecule has 0 rings (SSSR count). The molecule has 0 bridgehead atoms. The summed E-state index contributed by atoms with van der Waals surface area (Å²) >= 11 is 0. The van der Waals surface area contributed by atoms with Crippen molar-refractivity contribution >= 4 is 75.5 Å². The van der Waals surface area contributed by atoms with E-state index in [1.807, 2.05) is 0 Å². The van der Waals surface area contributed by atoms with Gasteiger partial charge in [-0.25, -0.2) is 0 Å². The third kappa shape index (κ3) is 39.6. The average molecular weight is 143 g/mol. The molecule has 0 amide bonds. The van der Waals surface area contributed by atoms with E-state index < -0.39 is 0 Å². The summed E-state index contributed by atoms with van der Waals surface area (Å²) in [5, 5.41) is 9.00. The Morgan fingerprint density at radius 3 is 1.33 bits per heavy atom. The van der Waals surface area contributed by atoms with Gasteiger partial charge in [-0.1, -0.05) is 0 Å². The summed E-state index contributed by atoms with van der Waals surface area (Å²) in [6.45, 7) is 0. The summed E-state index contributed by atoms with van der Waals surface area (Å²) in [7, 11) is 0. The molecule has 6 heavy (non-hydrogen) atoms. The Kier molecular flexibility index (Phi) is 118. The van der Waals surface area contributed by atoms with Crippen LogP contribution >= 0.6 is 0 Å². The normalized spacial score (nSPS) is 2.00. The monoisotopic (exact) mass is 143 g/mol. The largest absolute Gasteiger partial charge is 2.00 e. The van der Waals surface area contributed by atoms with Crippen LogP contribution in [0.3, 0.4) is 0 Å². The molecule has 0 aliphatic carbocycles. The van der Waals surface area contributed by atoms with E-state index in [1.54, 1.807) is 0 Å². The number of hydrogen-bond donors (Lipinski definition) is 0. The molecule has 0 saturated heterocycles. The van der Waals surface area contributed by atoms with Crippen LogP contribution in [0.5, 0.6) is 0 Å². The first-order valence-corrected chi connectivity index (χ1v) is 0.365. The van der Waals surface area contributed by atoms with E-state index >= 15 is 0 Å². The fraction of sp³-hybridized carbons (Fsp3) is 0. The van der Waals surface area contributed by atoms with E-state index in [1.165, 1.54) is 0 Å². The molecule has 0 aromatic rings. The van der Waals surface area contributed by atoms with Crippen LogP contribution in [-0.2, 0) is 0 Å². The molecule has 0 atom stereocenters. The molecular weight excluding hydrogens is 142 g/mol. The Bertz CT molecular complexity index is 16.3. The van der Waals surface area contributed by atoms with Gasteiger partial charge < -0.3 is 15.6 Å². The summed E-state index contributed by atoms with van der Waals surface area (Å²) in [4.78, 5) is 8.00. The molecule has 0 aromatic carbocycles. The van der Waals surface area contributed by atoms with E-state index in [4.69, 9.17) is 10.1 Å². The van der Waals surface area contributed by atoms with Crippen LogP contribution in [0.4, 0.5) is 0 Å². The maximum absolute atomic E-state index is 8.00. The van der Waals surface area contributed by atoms with Gasteiger partial charge in [0.25, 0.3) is 0 Å². The van der Waals surface area contributed by atoms with Gasteiger partial charge in [-0.2, -0.15) is 0 Å². The first-order chi connectivity index (χ1) is 1.41. The van der Waals surface area contributed by atoms with E-state index in [9.17, 15) is 0 Å². The number of nitrogens with zero attached hydrogens (tertiary/aromatic N) is 1. The predicted molar refractivity (Wildman–Crippen MR) is 22.6 cm³/mol. The average Bonchev–Trinajstić information content (AvgIpc) is 0.918. The third-order valence-electron chi connectivity index (χ3n) is 0. The Morgan fingerprint density at radius 1 is 1.33 bits per heavy atom. The van der Waals surface area contributed by atoms with Crippen molar-refractivity contribution in [2.45, 2.75) is 0 Å². The van der Waals surface area contributed by atoms with Crippen molar-refractivity contribution in [3.05, 3.63) is 10.1 Å². The van der Waals surface area contributed by atoms with Crippen LogP contribution < -0.4 is 0 Å². The van der Waals surface area contributed by atoms with Gasteiger partial charge in [0.05, 0.1) is 0 Å². The van der Waals surface area contributed by atoms with Crippen LogP contribution in [-0.4, -0.2) is 81.0 Å². The molecule has 0 aliphatic heterocycles. The summed E-state index contributed by atoms with van der Waals surface area (Å²) in [6.07, 6.45) is 0. The fourth-order valence-corrected chi connectivity index (χ4v) is 0. The molecule has 0 aromatic heterocycles. The molecule has 0 saturated carbocycles. The topological polar surface area (TPSA) is 82.5 Å². The minimum atomic E-state index is 0. The first-order valence-electron chi connectivity index (χ1n) is 0.365. The Morgan fingerprint density at radius 2 is 1.33 bits per heavy atom. The van der Waals surface area contributed by atoms with E-state index in [-0.39, 0.29) is 81.0 Å². The molecule has 0 aliphatic rings. The maximum Gasteiger partial charge on any atom is 2.00 e. The molecule has 6 heteroatoms. The van der Waals surface area contributed by atoms with Crippen LogP contribution in [0.1, 0.15) is 0 Å². The second-order valence-electron chi connectivity index (χ2n) is 0.0745. The molecule has 4 nitrogen and oxygen atoms in total. The molecule has 0 unspecified atom stereocenters. The van der Waals surface area contributed by atoms with Crippen molar-refractivity contribution in [1.82, 2.24) is 0 Å². The second kappa shape index (κ2) is 28.7. The minimum absolute atomic E-state index is 0. The van der Waals surface area contributed by atoms with Crippen molar-refractivity contribution in [1.29, 1.82) is 0 Å². The SMILES string of the molecule is O=N[O-].[Ca+2].[Ca+2].[OH-]. The van der Waals surface area contributed by atoms with Gasteiger partial charge in [0.15, 0.2) is 0 Å². The van der Waals surface area contributed by atoms with Gasteiger partial charge >= 0.3 is 75.5 Å². The molecule has 0 radical (unpaired) electrons. The summed E-state index contributed by atoms with van der Waals surface area (Å²) in [5.41, 5.74) is 0. The second-order valence-corrected chi connectivity index (χ2v) is 0.0745. The number of rotatable bonds is 0. The third-order valence-corrected chi connectivity index (χ3v) is 0. The molecule has 0 fully saturated rings. The van der Waals surface area contributed by atoms with Crippen molar-refractivity contribution in [2.75, 3.05) is 0 Å². The summed E-state index contributed by atoms with van der Waals surface area (Å²) < 4.78 is 0. The minimum Gasteiger partial charge on any atom is -0.870 e. The van der Waals surface area contributed by atoms with Crippen molar-refractivity contribution in [2.24, 2.45) is 5.34 Å². The van der Waals surface area contributed by atoms with Gasteiger partial charge in [0.1, 0.15) is 0 Å². The summed E-state index contributed by atoms with van der Waals surface area (Å²) in [6, 6.07) is 0. The predicted octanol–water partition coefficient (Wildman–Crippen LogP) is -0.688. The zero-order valence-electron chi connectivity index (χ0n) is 3.13. The van der Waals surface area contributed by atoms with Gasteiger partial charge in [-0.15, -0.1) is 5.34 Å². The standard InChI is InChI=1S/2Ca.HNO2.H2O/c;;2-1-3;/h;;(H,2,3);1H2/q2*+2;;/p-2. The molecule has 0 spiro atoms. The molecule has 0 heterocycles. The number of hydrogen-bond acceptors (Lipinski definition) is 4. The zero-order valence-corrected chi connectivity index (χ0v) is 7.54. The van der Waals surface area contributed by atoms with Gasteiger partial charge in [0, 0.05) is 0 Å². The zero-order chi connectivity index (χ0) is 2.71. The van der Waals surface area contributed by atoms with Gasteiger partial charge in [-0.05, 0) is 0 Å². The van der Waals surface area contributed by atoms with Crippen LogP contribution in [0, 0.1) is 10.1 Å². The van der Waals surface area contributed by atoms with Crippen molar-refractivity contribution < 1.29 is 5.48 Å². The van der Waals surface area contributed by atoms with Crippen LogP contribution in [0.25, 0.3) is 0 Å². The maximum atomic E-state index is 8.00. The van der Waals surface area contributed by atoms with Crippen LogP contribution in [0.2, 0.25) is 0 Å². The van der Waals surface area contributed by atoms with E-state index in [2.05, 4.69) is 0 Å². The fourth-order valence-electron chi connectivity index (χ4n) is 0. The van der Waals surface area contributed by atoms with Crippen LogP contribution in [0.15, 0.2) is 5.34 Å². The molecule has 1 N–H and O–H groups in total. The van der Waals surface area contributed by atoms with Crippen molar-refractivity contribution in [3.63, 3.8) is 0 Å². The van der Waals surface area contributed by atoms with Gasteiger partial charge in [-0.3, -0.25) is 0 Å². The Balaban J connectivity index is -0.00000000667. The van der Waals surface area contributed by atoms with Crippen molar-refractivity contribution in [3.8, 4) is 0 Å². The smallest absolute Gasteiger partial charge is 0.870 e. The van der Waals surface area contributed by atoms with Gasteiger partial charge in [0.2, 0.25) is 0 Å². The Labute approximate surface area is 94.5 Å². The van der Waals surface area contributed by atoms with E-state index in [0.29, 0.717) is 0 Å².